The Morgan fingerprint density at radius 2 is 2.08 bits per heavy atom. The van der Waals surface area contributed by atoms with Crippen molar-refractivity contribution in [2.24, 2.45) is 5.92 Å². The van der Waals surface area contributed by atoms with E-state index >= 15 is 0 Å². The van der Waals surface area contributed by atoms with E-state index in [1.807, 2.05) is 0 Å². The normalized spacial score (nSPS) is 33.6. The van der Waals surface area contributed by atoms with Crippen LogP contribution in [0.3, 0.4) is 0 Å². The molecule has 0 aromatic heterocycles. The van der Waals surface area contributed by atoms with Gasteiger partial charge in [-0.15, -0.1) is 0 Å². The second-order valence-electron chi connectivity index (χ2n) is 4.00. The molecule has 1 fully saturated rings. The van der Waals surface area contributed by atoms with Crippen LogP contribution >= 0.6 is 0 Å². The summed E-state index contributed by atoms with van der Waals surface area (Å²) in [6, 6.07) is 2.56. The highest BCUT2D eigenvalue weighted by molar-refractivity contribution is 5.13. The molecule has 1 aliphatic rings. The molecule has 74 valence electrons. The molecule has 1 saturated carbocycles. The molecule has 0 aliphatic heterocycles. The number of hydrogen-bond donors (Lipinski definition) is 0. The summed E-state index contributed by atoms with van der Waals surface area (Å²) in [5, 5.41) is 9.33. The summed E-state index contributed by atoms with van der Waals surface area (Å²) < 4.78 is 0. The minimum atomic E-state index is -0.149. The highest BCUT2D eigenvalue weighted by Crippen LogP contribution is 2.39. The van der Waals surface area contributed by atoms with Crippen molar-refractivity contribution in [2.45, 2.75) is 45.6 Å². The van der Waals surface area contributed by atoms with Crippen molar-refractivity contribution in [3.8, 4) is 6.07 Å². The first-order valence-corrected chi connectivity index (χ1v) is 5.37. The number of nitrogens with zero attached hydrogens (tertiary/aromatic N) is 2. The van der Waals surface area contributed by atoms with Crippen molar-refractivity contribution in [3.05, 3.63) is 0 Å². The third kappa shape index (κ3) is 1.58. The van der Waals surface area contributed by atoms with E-state index in [9.17, 15) is 5.26 Å². The molecule has 0 aromatic carbocycles. The third-order valence-corrected chi connectivity index (χ3v) is 3.53. The lowest BCUT2D eigenvalue weighted by molar-refractivity contribution is 0.120. The van der Waals surface area contributed by atoms with Gasteiger partial charge in [0.1, 0.15) is 5.54 Å². The summed E-state index contributed by atoms with van der Waals surface area (Å²) in [6.45, 7) is 8.50. The fraction of sp³-hybridized carbons (Fsp3) is 0.909. The Bertz CT molecular complexity index is 203. The molecule has 0 spiro atoms. The van der Waals surface area contributed by atoms with E-state index in [0.29, 0.717) is 5.92 Å². The fourth-order valence-electron chi connectivity index (χ4n) is 2.66. The first kappa shape index (κ1) is 10.5. The van der Waals surface area contributed by atoms with Gasteiger partial charge in [0.05, 0.1) is 6.07 Å². The highest BCUT2D eigenvalue weighted by atomic mass is 15.2. The lowest BCUT2D eigenvalue weighted by Crippen LogP contribution is -2.49. The summed E-state index contributed by atoms with van der Waals surface area (Å²) in [5.74, 6) is 0.539. The lowest BCUT2D eigenvalue weighted by atomic mass is 9.88. The predicted molar refractivity (Wildman–Crippen MR) is 54.3 cm³/mol. The van der Waals surface area contributed by atoms with E-state index in [4.69, 9.17) is 0 Å². The quantitative estimate of drug-likeness (QED) is 0.667. The standard InChI is InChI=1S/C11H20N2/c1-4-13(5-2)11(9-12)8-6-7-10(11)3/h10H,4-8H2,1-3H3. The summed E-state index contributed by atoms with van der Waals surface area (Å²) in [6.07, 6.45) is 3.49. The third-order valence-electron chi connectivity index (χ3n) is 3.53. The van der Waals surface area contributed by atoms with Gasteiger partial charge in [0.25, 0.3) is 0 Å². The predicted octanol–water partition coefficient (Wildman–Crippen LogP) is 2.41. The lowest BCUT2D eigenvalue weighted by Gasteiger charge is -2.37. The molecule has 0 N–H and O–H groups in total. The van der Waals surface area contributed by atoms with E-state index in [0.717, 1.165) is 19.5 Å². The van der Waals surface area contributed by atoms with Crippen LogP contribution in [0.25, 0.3) is 0 Å². The Balaban J connectivity index is 2.86. The van der Waals surface area contributed by atoms with Crippen LogP contribution in [0.15, 0.2) is 0 Å². The van der Waals surface area contributed by atoms with Gasteiger partial charge >= 0.3 is 0 Å². The van der Waals surface area contributed by atoms with Gasteiger partial charge in [-0.3, -0.25) is 4.90 Å². The van der Waals surface area contributed by atoms with E-state index in [2.05, 4.69) is 31.7 Å². The zero-order valence-electron chi connectivity index (χ0n) is 9.01. The summed E-state index contributed by atoms with van der Waals surface area (Å²) in [7, 11) is 0. The molecular weight excluding hydrogens is 160 g/mol. The SMILES string of the molecule is CCN(CC)C1(C#N)CCCC1C. The number of rotatable bonds is 3. The fourth-order valence-corrected chi connectivity index (χ4v) is 2.66. The van der Waals surface area contributed by atoms with Crippen LogP contribution in [0.1, 0.15) is 40.0 Å². The summed E-state index contributed by atoms with van der Waals surface area (Å²) >= 11 is 0. The first-order valence-electron chi connectivity index (χ1n) is 5.37. The maximum absolute atomic E-state index is 9.33. The molecule has 0 aromatic rings. The van der Waals surface area contributed by atoms with Gasteiger partial charge in [-0.05, 0) is 31.8 Å². The average molecular weight is 180 g/mol. The van der Waals surface area contributed by atoms with Crippen molar-refractivity contribution < 1.29 is 0 Å². The zero-order valence-corrected chi connectivity index (χ0v) is 9.01. The minimum absolute atomic E-state index is 0.149. The molecule has 0 radical (unpaired) electrons. The van der Waals surface area contributed by atoms with Gasteiger partial charge in [-0.1, -0.05) is 27.2 Å². The zero-order chi connectivity index (χ0) is 9.90. The van der Waals surface area contributed by atoms with Crippen molar-refractivity contribution in [1.82, 2.24) is 4.90 Å². The molecular formula is C11H20N2. The maximum atomic E-state index is 9.33. The van der Waals surface area contributed by atoms with Gasteiger partial charge in [-0.25, -0.2) is 0 Å². The van der Waals surface area contributed by atoms with Crippen LogP contribution in [0.4, 0.5) is 0 Å². The highest BCUT2D eigenvalue weighted by Gasteiger charge is 2.44. The van der Waals surface area contributed by atoms with Crippen LogP contribution in [0.5, 0.6) is 0 Å². The minimum Gasteiger partial charge on any atom is -0.286 e. The van der Waals surface area contributed by atoms with E-state index < -0.39 is 0 Å². The van der Waals surface area contributed by atoms with Crippen LogP contribution in [-0.4, -0.2) is 23.5 Å². The van der Waals surface area contributed by atoms with Gasteiger partial charge in [0.15, 0.2) is 0 Å². The molecule has 13 heavy (non-hydrogen) atoms. The van der Waals surface area contributed by atoms with E-state index in [-0.39, 0.29) is 5.54 Å². The number of hydrogen-bond acceptors (Lipinski definition) is 2. The molecule has 0 amide bonds. The Hall–Kier alpha value is -0.550. The Morgan fingerprint density at radius 1 is 1.46 bits per heavy atom. The Labute approximate surface area is 81.5 Å². The Kier molecular flexibility index (Phi) is 3.33. The average Bonchev–Trinajstić information content (AvgIpc) is 2.51. The largest absolute Gasteiger partial charge is 0.286 e. The molecule has 1 aliphatic carbocycles. The van der Waals surface area contributed by atoms with E-state index in [1.54, 1.807) is 0 Å². The van der Waals surface area contributed by atoms with Crippen molar-refractivity contribution >= 4 is 0 Å². The summed E-state index contributed by atoms with van der Waals surface area (Å²) in [5.41, 5.74) is -0.149. The van der Waals surface area contributed by atoms with Gasteiger partial charge in [0, 0.05) is 0 Å². The van der Waals surface area contributed by atoms with Crippen LogP contribution in [0.2, 0.25) is 0 Å². The molecule has 2 nitrogen and oxygen atoms in total. The molecule has 1 rings (SSSR count). The van der Waals surface area contributed by atoms with Gasteiger partial charge in [-0.2, -0.15) is 5.26 Å². The Morgan fingerprint density at radius 3 is 2.38 bits per heavy atom. The van der Waals surface area contributed by atoms with E-state index in [1.165, 1.54) is 12.8 Å². The van der Waals surface area contributed by atoms with Crippen molar-refractivity contribution in [1.29, 1.82) is 5.26 Å². The maximum Gasteiger partial charge on any atom is 0.111 e. The van der Waals surface area contributed by atoms with Gasteiger partial charge in [0.2, 0.25) is 0 Å². The molecule has 2 atom stereocenters. The van der Waals surface area contributed by atoms with Crippen LogP contribution in [-0.2, 0) is 0 Å². The van der Waals surface area contributed by atoms with Crippen molar-refractivity contribution in [2.75, 3.05) is 13.1 Å². The molecule has 2 heteroatoms. The monoisotopic (exact) mass is 180 g/mol. The molecule has 0 heterocycles. The van der Waals surface area contributed by atoms with Crippen LogP contribution < -0.4 is 0 Å². The van der Waals surface area contributed by atoms with Gasteiger partial charge < -0.3 is 0 Å². The number of nitriles is 1. The smallest absolute Gasteiger partial charge is 0.111 e. The summed E-state index contributed by atoms with van der Waals surface area (Å²) in [4.78, 5) is 2.32. The first-order chi connectivity index (χ1) is 6.21. The second-order valence-corrected chi connectivity index (χ2v) is 4.00. The second kappa shape index (κ2) is 4.11. The molecule has 0 saturated heterocycles. The molecule has 0 bridgehead atoms. The van der Waals surface area contributed by atoms with Crippen molar-refractivity contribution in [3.63, 3.8) is 0 Å². The van der Waals surface area contributed by atoms with Crippen LogP contribution in [0, 0.1) is 17.2 Å². The topological polar surface area (TPSA) is 27.0 Å². The molecule has 2 unspecified atom stereocenters.